The smallest absolute Gasteiger partial charge is 0.160 e. The van der Waals surface area contributed by atoms with Crippen LogP contribution in [0, 0.1) is 0 Å². The van der Waals surface area contributed by atoms with Crippen molar-refractivity contribution in [2.24, 2.45) is 5.73 Å². The maximum absolute atomic E-state index is 5.87. The Morgan fingerprint density at radius 1 is 1.22 bits per heavy atom. The van der Waals surface area contributed by atoms with Gasteiger partial charge in [0.05, 0.1) is 14.2 Å². The molecular formula is C14H24N2O2. The van der Waals surface area contributed by atoms with Gasteiger partial charge in [-0.05, 0) is 31.3 Å². The van der Waals surface area contributed by atoms with Crippen LogP contribution < -0.4 is 15.2 Å². The Labute approximate surface area is 110 Å². The Morgan fingerprint density at radius 2 is 1.89 bits per heavy atom. The zero-order valence-corrected chi connectivity index (χ0v) is 11.8. The molecule has 1 atom stereocenters. The van der Waals surface area contributed by atoms with Gasteiger partial charge in [-0.25, -0.2) is 0 Å². The van der Waals surface area contributed by atoms with Crippen molar-refractivity contribution in [3.8, 4) is 11.5 Å². The predicted octanol–water partition coefficient (Wildman–Crippen LogP) is 1.70. The molecule has 4 heteroatoms. The van der Waals surface area contributed by atoms with Gasteiger partial charge in [-0.1, -0.05) is 13.0 Å². The molecule has 0 saturated heterocycles. The third-order valence-corrected chi connectivity index (χ3v) is 3.24. The van der Waals surface area contributed by atoms with Crippen molar-refractivity contribution >= 4 is 0 Å². The second kappa shape index (κ2) is 7.24. The first-order valence-electron chi connectivity index (χ1n) is 6.26. The average molecular weight is 252 g/mol. The van der Waals surface area contributed by atoms with Gasteiger partial charge in [0.2, 0.25) is 0 Å². The third-order valence-electron chi connectivity index (χ3n) is 3.24. The van der Waals surface area contributed by atoms with Crippen LogP contribution in [0.1, 0.15) is 18.4 Å². The summed E-state index contributed by atoms with van der Waals surface area (Å²) in [6.45, 7) is 4.73. The number of methoxy groups -OCH3 is 2. The van der Waals surface area contributed by atoms with Gasteiger partial charge in [-0.15, -0.1) is 0 Å². The van der Waals surface area contributed by atoms with Crippen LogP contribution in [0.4, 0.5) is 0 Å². The van der Waals surface area contributed by atoms with E-state index in [0.717, 1.165) is 24.6 Å². The Hall–Kier alpha value is -1.26. The van der Waals surface area contributed by atoms with E-state index in [-0.39, 0.29) is 0 Å². The van der Waals surface area contributed by atoms with Gasteiger partial charge in [0, 0.05) is 19.0 Å². The minimum Gasteiger partial charge on any atom is -0.493 e. The highest BCUT2D eigenvalue weighted by Crippen LogP contribution is 2.30. The fourth-order valence-corrected chi connectivity index (χ4v) is 1.93. The van der Waals surface area contributed by atoms with Gasteiger partial charge in [0.25, 0.3) is 0 Å². The van der Waals surface area contributed by atoms with E-state index in [0.29, 0.717) is 12.5 Å². The van der Waals surface area contributed by atoms with Crippen LogP contribution >= 0.6 is 0 Å². The van der Waals surface area contributed by atoms with Crippen molar-refractivity contribution in [3.63, 3.8) is 0 Å². The lowest BCUT2D eigenvalue weighted by Gasteiger charge is -2.22. The predicted molar refractivity (Wildman–Crippen MR) is 74.5 cm³/mol. The van der Waals surface area contributed by atoms with Gasteiger partial charge in [-0.3, -0.25) is 0 Å². The number of ether oxygens (including phenoxy) is 2. The molecule has 0 fully saturated rings. The van der Waals surface area contributed by atoms with Gasteiger partial charge >= 0.3 is 0 Å². The number of likely N-dealkylation sites (N-methyl/N-ethyl adjacent to an activating group) is 1. The SMILES string of the molecule is CCN(C)CC(CN)c1ccc(OC)c(OC)c1. The fourth-order valence-electron chi connectivity index (χ4n) is 1.93. The topological polar surface area (TPSA) is 47.7 Å². The van der Waals surface area contributed by atoms with E-state index >= 15 is 0 Å². The van der Waals surface area contributed by atoms with E-state index in [2.05, 4.69) is 24.9 Å². The Balaban J connectivity index is 2.92. The van der Waals surface area contributed by atoms with Gasteiger partial charge in [0.1, 0.15) is 0 Å². The van der Waals surface area contributed by atoms with Crippen molar-refractivity contribution in [1.82, 2.24) is 4.90 Å². The first kappa shape index (κ1) is 14.8. The summed E-state index contributed by atoms with van der Waals surface area (Å²) in [6.07, 6.45) is 0. The zero-order chi connectivity index (χ0) is 13.5. The molecule has 18 heavy (non-hydrogen) atoms. The molecule has 1 aromatic rings. The molecule has 0 aliphatic rings. The summed E-state index contributed by atoms with van der Waals surface area (Å²) in [7, 11) is 5.39. The number of hydrogen-bond donors (Lipinski definition) is 1. The second-order valence-corrected chi connectivity index (χ2v) is 4.40. The van der Waals surface area contributed by atoms with Crippen LogP contribution in [0.25, 0.3) is 0 Å². The van der Waals surface area contributed by atoms with Crippen molar-refractivity contribution in [2.75, 3.05) is 40.9 Å². The highest BCUT2D eigenvalue weighted by atomic mass is 16.5. The van der Waals surface area contributed by atoms with Crippen molar-refractivity contribution in [3.05, 3.63) is 23.8 Å². The lowest BCUT2D eigenvalue weighted by atomic mass is 9.98. The summed E-state index contributed by atoms with van der Waals surface area (Å²) in [5.41, 5.74) is 7.06. The Morgan fingerprint density at radius 3 is 2.39 bits per heavy atom. The molecule has 1 unspecified atom stereocenters. The first-order chi connectivity index (χ1) is 8.65. The van der Waals surface area contributed by atoms with Crippen molar-refractivity contribution in [2.45, 2.75) is 12.8 Å². The van der Waals surface area contributed by atoms with E-state index in [1.54, 1.807) is 14.2 Å². The largest absolute Gasteiger partial charge is 0.493 e. The van der Waals surface area contributed by atoms with E-state index in [9.17, 15) is 0 Å². The molecule has 0 aliphatic heterocycles. The quantitative estimate of drug-likeness (QED) is 0.802. The molecule has 0 aromatic heterocycles. The van der Waals surface area contributed by atoms with E-state index < -0.39 is 0 Å². The Bertz CT molecular complexity index is 369. The normalized spacial score (nSPS) is 12.6. The highest BCUT2D eigenvalue weighted by Gasteiger charge is 2.14. The average Bonchev–Trinajstić information content (AvgIpc) is 2.43. The Kier molecular flexibility index (Phi) is 5.95. The number of rotatable bonds is 7. The molecule has 102 valence electrons. The van der Waals surface area contributed by atoms with Crippen LogP contribution in [-0.4, -0.2) is 45.8 Å². The molecule has 1 aromatic carbocycles. The number of benzene rings is 1. The van der Waals surface area contributed by atoms with Crippen LogP contribution in [0.15, 0.2) is 18.2 Å². The minimum atomic E-state index is 0.315. The van der Waals surface area contributed by atoms with E-state index in [4.69, 9.17) is 15.2 Å². The maximum atomic E-state index is 5.87. The lowest BCUT2D eigenvalue weighted by Crippen LogP contribution is -2.28. The van der Waals surface area contributed by atoms with Crippen LogP contribution in [0.3, 0.4) is 0 Å². The number of nitrogens with two attached hydrogens (primary N) is 1. The summed E-state index contributed by atoms with van der Waals surface area (Å²) in [6, 6.07) is 6.00. The summed E-state index contributed by atoms with van der Waals surface area (Å²) < 4.78 is 10.6. The monoisotopic (exact) mass is 252 g/mol. The van der Waals surface area contributed by atoms with Crippen LogP contribution in [0.5, 0.6) is 11.5 Å². The lowest BCUT2D eigenvalue weighted by molar-refractivity contribution is 0.326. The summed E-state index contributed by atoms with van der Waals surface area (Å²) in [5.74, 6) is 1.82. The van der Waals surface area contributed by atoms with Gasteiger partial charge in [0.15, 0.2) is 11.5 Å². The zero-order valence-electron chi connectivity index (χ0n) is 11.8. The second-order valence-electron chi connectivity index (χ2n) is 4.40. The van der Waals surface area contributed by atoms with Crippen molar-refractivity contribution in [1.29, 1.82) is 0 Å². The number of hydrogen-bond acceptors (Lipinski definition) is 4. The van der Waals surface area contributed by atoms with E-state index in [1.807, 2.05) is 12.1 Å². The minimum absolute atomic E-state index is 0.315. The standard InChI is InChI=1S/C14H24N2O2/c1-5-16(2)10-12(9-15)11-6-7-13(17-3)14(8-11)18-4/h6-8,12H,5,9-10,15H2,1-4H3. The molecule has 0 heterocycles. The summed E-state index contributed by atoms with van der Waals surface area (Å²) in [4.78, 5) is 2.26. The van der Waals surface area contributed by atoms with Crippen molar-refractivity contribution < 1.29 is 9.47 Å². The molecule has 0 bridgehead atoms. The molecule has 0 amide bonds. The highest BCUT2D eigenvalue weighted by molar-refractivity contribution is 5.44. The van der Waals surface area contributed by atoms with Crippen LogP contribution in [-0.2, 0) is 0 Å². The van der Waals surface area contributed by atoms with E-state index in [1.165, 1.54) is 5.56 Å². The van der Waals surface area contributed by atoms with Gasteiger partial charge < -0.3 is 20.1 Å². The summed E-state index contributed by atoms with van der Waals surface area (Å²) in [5, 5.41) is 0. The molecule has 0 spiro atoms. The third kappa shape index (κ3) is 3.62. The van der Waals surface area contributed by atoms with Crippen LogP contribution in [0.2, 0.25) is 0 Å². The van der Waals surface area contributed by atoms with Gasteiger partial charge in [-0.2, -0.15) is 0 Å². The molecule has 1 rings (SSSR count). The fraction of sp³-hybridized carbons (Fsp3) is 0.571. The molecule has 0 radical (unpaired) electrons. The molecule has 0 saturated carbocycles. The molecular weight excluding hydrogens is 228 g/mol. The maximum Gasteiger partial charge on any atom is 0.160 e. The first-order valence-corrected chi connectivity index (χ1v) is 6.26. The molecule has 0 aliphatic carbocycles. The number of nitrogens with zero attached hydrogens (tertiary/aromatic N) is 1. The molecule has 4 nitrogen and oxygen atoms in total. The molecule has 2 N–H and O–H groups in total. The summed E-state index contributed by atoms with van der Waals surface area (Å²) >= 11 is 0.